The molecule has 1 aliphatic rings. The first-order valence-corrected chi connectivity index (χ1v) is 7.39. The van der Waals surface area contributed by atoms with Crippen molar-refractivity contribution in [2.24, 2.45) is 11.7 Å². The molecule has 20 heavy (non-hydrogen) atoms. The number of rotatable bonds is 3. The number of hydrogen-bond acceptors (Lipinski definition) is 2. The summed E-state index contributed by atoms with van der Waals surface area (Å²) >= 11 is 4.79. The highest BCUT2D eigenvalue weighted by atomic mass is 32.1. The number of benzene rings is 1. The highest BCUT2D eigenvalue weighted by molar-refractivity contribution is 7.80. The Morgan fingerprint density at radius 2 is 1.90 bits per heavy atom. The number of carbonyl (C=O) groups is 1. The quantitative estimate of drug-likeness (QED) is 0.664. The van der Waals surface area contributed by atoms with E-state index in [9.17, 15) is 9.18 Å². The first-order valence-electron chi connectivity index (χ1n) is 6.98. The van der Waals surface area contributed by atoms with Gasteiger partial charge in [-0.2, -0.15) is 0 Å². The summed E-state index contributed by atoms with van der Waals surface area (Å²) in [4.78, 5) is 12.2. The lowest BCUT2D eigenvalue weighted by Gasteiger charge is -2.14. The van der Waals surface area contributed by atoms with Gasteiger partial charge in [-0.1, -0.05) is 37.9 Å². The summed E-state index contributed by atoms with van der Waals surface area (Å²) < 4.78 is 13.5. The Kier molecular flexibility index (Phi) is 5.06. The van der Waals surface area contributed by atoms with Crippen molar-refractivity contribution in [2.75, 3.05) is 5.32 Å². The van der Waals surface area contributed by atoms with Crippen LogP contribution in [0.4, 0.5) is 10.1 Å². The zero-order chi connectivity index (χ0) is 14.5. The topological polar surface area (TPSA) is 55.1 Å². The molecule has 0 heterocycles. The predicted octanol–water partition coefficient (Wildman–Crippen LogP) is 3.37. The first kappa shape index (κ1) is 14.9. The lowest BCUT2D eigenvalue weighted by Crippen LogP contribution is -2.22. The van der Waals surface area contributed by atoms with Gasteiger partial charge in [0.2, 0.25) is 5.91 Å². The number of halogens is 1. The van der Waals surface area contributed by atoms with Crippen LogP contribution in [0.3, 0.4) is 0 Å². The van der Waals surface area contributed by atoms with E-state index in [2.05, 4.69) is 5.32 Å². The zero-order valence-electron chi connectivity index (χ0n) is 11.3. The van der Waals surface area contributed by atoms with Gasteiger partial charge in [-0.3, -0.25) is 4.79 Å². The molecule has 0 saturated heterocycles. The highest BCUT2D eigenvalue weighted by Crippen LogP contribution is 2.24. The van der Waals surface area contributed by atoms with Gasteiger partial charge >= 0.3 is 0 Å². The van der Waals surface area contributed by atoms with Gasteiger partial charge in [-0.15, -0.1) is 0 Å². The van der Waals surface area contributed by atoms with Crippen LogP contribution in [0.2, 0.25) is 0 Å². The van der Waals surface area contributed by atoms with E-state index in [4.69, 9.17) is 18.0 Å². The second kappa shape index (κ2) is 6.79. The van der Waals surface area contributed by atoms with Crippen molar-refractivity contribution in [3.63, 3.8) is 0 Å². The fraction of sp³-hybridized carbons (Fsp3) is 0.467. The SMILES string of the molecule is NC(=S)c1cc(NC(=O)C2CCCCCC2)ccc1F. The van der Waals surface area contributed by atoms with Gasteiger partial charge in [0.25, 0.3) is 0 Å². The van der Waals surface area contributed by atoms with Gasteiger partial charge in [0, 0.05) is 17.2 Å². The molecule has 0 radical (unpaired) electrons. The maximum Gasteiger partial charge on any atom is 0.227 e. The van der Waals surface area contributed by atoms with E-state index in [0.717, 1.165) is 25.7 Å². The van der Waals surface area contributed by atoms with Crippen LogP contribution < -0.4 is 11.1 Å². The second-order valence-corrected chi connectivity index (χ2v) is 5.68. The van der Waals surface area contributed by atoms with Gasteiger partial charge < -0.3 is 11.1 Å². The number of carbonyl (C=O) groups excluding carboxylic acids is 1. The fourth-order valence-corrected chi connectivity index (χ4v) is 2.73. The molecular formula is C15H19FN2OS. The van der Waals surface area contributed by atoms with Crippen molar-refractivity contribution in [1.82, 2.24) is 0 Å². The third kappa shape index (κ3) is 3.76. The Morgan fingerprint density at radius 1 is 1.25 bits per heavy atom. The van der Waals surface area contributed by atoms with Crippen molar-refractivity contribution in [1.29, 1.82) is 0 Å². The number of thiocarbonyl (C=S) groups is 1. The fourth-order valence-electron chi connectivity index (χ4n) is 2.58. The van der Waals surface area contributed by atoms with E-state index in [1.54, 1.807) is 0 Å². The molecule has 1 fully saturated rings. The van der Waals surface area contributed by atoms with Crippen LogP contribution in [-0.4, -0.2) is 10.9 Å². The van der Waals surface area contributed by atoms with Gasteiger partial charge in [0.05, 0.1) is 0 Å². The third-order valence-electron chi connectivity index (χ3n) is 3.73. The second-order valence-electron chi connectivity index (χ2n) is 5.24. The number of nitrogens with one attached hydrogen (secondary N) is 1. The number of nitrogens with two attached hydrogens (primary N) is 1. The third-order valence-corrected chi connectivity index (χ3v) is 3.95. The molecule has 3 N–H and O–H groups in total. The molecule has 0 atom stereocenters. The van der Waals surface area contributed by atoms with E-state index < -0.39 is 5.82 Å². The molecule has 1 aromatic rings. The predicted molar refractivity (Wildman–Crippen MR) is 82.1 cm³/mol. The maximum atomic E-state index is 13.5. The Hall–Kier alpha value is -1.49. The molecule has 5 heteroatoms. The zero-order valence-corrected chi connectivity index (χ0v) is 12.1. The highest BCUT2D eigenvalue weighted by Gasteiger charge is 2.20. The molecule has 108 valence electrons. The summed E-state index contributed by atoms with van der Waals surface area (Å²) in [5, 5.41) is 2.84. The molecule has 1 aliphatic carbocycles. The molecule has 3 nitrogen and oxygen atoms in total. The molecule has 0 spiro atoms. The maximum absolute atomic E-state index is 13.5. The lowest BCUT2D eigenvalue weighted by molar-refractivity contribution is -0.120. The summed E-state index contributed by atoms with van der Waals surface area (Å²) in [6.45, 7) is 0. The van der Waals surface area contributed by atoms with E-state index in [1.807, 2.05) is 0 Å². The average molecular weight is 294 g/mol. The van der Waals surface area contributed by atoms with Crippen molar-refractivity contribution in [2.45, 2.75) is 38.5 Å². The molecule has 0 aromatic heterocycles. The van der Waals surface area contributed by atoms with Crippen molar-refractivity contribution >= 4 is 28.8 Å². The van der Waals surface area contributed by atoms with Crippen LogP contribution in [0.5, 0.6) is 0 Å². The number of anilines is 1. The number of amides is 1. The monoisotopic (exact) mass is 294 g/mol. The van der Waals surface area contributed by atoms with Gasteiger partial charge in [0.15, 0.2) is 0 Å². The molecule has 1 saturated carbocycles. The van der Waals surface area contributed by atoms with Crippen LogP contribution in [0.1, 0.15) is 44.1 Å². The minimum atomic E-state index is -0.468. The lowest BCUT2D eigenvalue weighted by atomic mass is 9.99. The van der Waals surface area contributed by atoms with Crippen LogP contribution in [0, 0.1) is 11.7 Å². The summed E-state index contributed by atoms with van der Waals surface area (Å²) in [6.07, 6.45) is 6.45. The van der Waals surface area contributed by atoms with Crippen molar-refractivity contribution < 1.29 is 9.18 Å². The average Bonchev–Trinajstić information content (AvgIpc) is 2.69. The summed E-state index contributed by atoms with van der Waals surface area (Å²) in [7, 11) is 0. The van der Waals surface area contributed by atoms with Crippen molar-refractivity contribution in [3.8, 4) is 0 Å². The molecule has 1 aromatic carbocycles. The summed E-state index contributed by atoms with van der Waals surface area (Å²) in [5.74, 6) is -0.409. The largest absolute Gasteiger partial charge is 0.389 e. The molecule has 2 rings (SSSR count). The van der Waals surface area contributed by atoms with Crippen LogP contribution in [0.25, 0.3) is 0 Å². The molecule has 1 amide bonds. The summed E-state index contributed by atoms with van der Waals surface area (Å²) in [6, 6.07) is 4.30. The van der Waals surface area contributed by atoms with Crippen LogP contribution in [0.15, 0.2) is 18.2 Å². The molecule has 0 aliphatic heterocycles. The number of hydrogen-bond donors (Lipinski definition) is 2. The Balaban J connectivity index is 2.07. The molecule has 0 bridgehead atoms. The van der Waals surface area contributed by atoms with Crippen LogP contribution >= 0.6 is 12.2 Å². The molecule has 0 unspecified atom stereocenters. The Morgan fingerprint density at radius 3 is 2.50 bits per heavy atom. The van der Waals surface area contributed by atoms with E-state index in [-0.39, 0.29) is 22.4 Å². The van der Waals surface area contributed by atoms with E-state index in [0.29, 0.717) is 5.69 Å². The van der Waals surface area contributed by atoms with E-state index >= 15 is 0 Å². The minimum absolute atomic E-state index is 0.00642. The molecular weight excluding hydrogens is 275 g/mol. The smallest absolute Gasteiger partial charge is 0.227 e. The van der Waals surface area contributed by atoms with Crippen LogP contribution in [-0.2, 0) is 4.79 Å². The minimum Gasteiger partial charge on any atom is -0.389 e. The standard InChI is InChI=1S/C15H19FN2OS/c16-13-8-7-11(9-12(13)14(17)20)18-15(19)10-5-3-1-2-4-6-10/h7-10H,1-6H2,(H2,17,20)(H,18,19). The normalized spacial score (nSPS) is 16.4. The van der Waals surface area contributed by atoms with E-state index in [1.165, 1.54) is 31.0 Å². The van der Waals surface area contributed by atoms with Gasteiger partial charge in [-0.05, 0) is 31.0 Å². The van der Waals surface area contributed by atoms with Gasteiger partial charge in [-0.25, -0.2) is 4.39 Å². The first-order chi connectivity index (χ1) is 9.58. The summed E-state index contributed by atoms with van der Waals surface area (Å²) in [5.41, 5.74) is 6.17. The van der Waals surface area contributed by atoms with Gasteiger partial charge in [0.1, 0.15) is 10.8 Å². The Labute approximate surface area is 123 Å². The Bertz CT molecular complexity index is 511. The van der Waals surface area contributed by atoms with Crippen molar-refractivity contribution in [3.05, 3.63) is 29.6 Å².